The molecule has 0 saturated carbocycles. The normalized spacial score (nSPS) is 11.8. The number of sulfonamides is 1. The van der Waals surface area contributed by atoms with E-state index in [2.05, 4.69) is 10.6 Å². The van der Waals surface area contributed by atoms with E-state index < -0.39 is 31.4 Å². The Morgan fingerprint density at radius 1 is 1.22 bits per heavy atom. The van der Waals surface area contributed by atoms with Gasteiger partial charge in [-0.2, -0.15) is 0 Å². The van der Waals surface area contributed by atoms with Crippen LogP contribution in [-0.4, -0.2) is 34.6 Å². The van der Waals surface area contributed by atoms with Gasteiger partial charge in [0.1, 0.15) is 9.84 Å². The fraction of sp³-hybridized carbons (Fsp3) is 0.273. The zero-order valence-electron chi connectivity index (χ0n) is 9.75. The van der Waals surface area contributed by atoms with Crippen molar-refractivity contribution < 1.29 is 16.8 Å². The first kappa shape index (κ1) is 14.5. The molecule has 18 heavy (non-hydrogen) atoms. The Hall–Kier alpha value is -1.52. The second-order valence-electron chi connectivity index (χ2n) is 3.78. The molecule has 1 N–H and O–H groups in total. The first-order valence-corrected chi connectivity index (χ1v) is 8.68. The summed E-state index contributed by atoms with van der Waals surface area (Å²) in [7, 11) is -7.00. The van der Waals surface area contributed by atoms with E-state index in [1.807, 2.05) is 0 Å². The molecule has 0 aromatic heterocycles. The van der Waals surface area contributed by atoms with Crippen LogP contribution in [0.15, 0.2) is 24.3 Å². The zero-order chi connectivity index (χ0) is 13.8. The Morgan fingerprint density at radius 3 is 2.44 bits per heavy atom. The predicted molar refractivity (Wildman–Crippen MR) is 71.5 cm³/mol. The Balaban J connectivity index is 2.80. The number of benzene rings is 1. The van der Waals surface area contributed by atoms with E-state index in [-0.39, 0.29) is 0 Å². The Kier molecular flexibility index (Phi) is 4.38. The first-order valence-electron chi connectivity index (χ1n) is 4.97. The largest absolute Gasteiger partial charge is 0.283 e. The SMILES string of the molecule is C#Cc1cccc(NS(=O)(=O)CCS(C)(=O)=O)c1. The maximum Gasteiger partial charge on any atom is 0.233 e. The molecule has 1 aromatic rings. The van der Waals surface area contributed by atoms with Gasteiger partial charge in [-0.1, -0.05) is 12.0 Å². The maximum absolute atomic E-state index is 11.6. The van der Waals surface area contributed by atoms with Crippen LogP contribution in [0.25, 0.3) is 0 Å². The summed E-state index contributed by atoms with van der Waals surface area (Å²) in [6, 6.07) is 6.31. The highest BCUT2D eigenvalue weighted by atomic mass is 32.2. The third kappa shape index (κ3) is 5.21. The minimum Gasteiger partial charge on any atom is -0.283 e. The second-order valence-corrected chi connectivity index (χ2v) is 7.88. The molecule has 5 nitrogen and oxygen atoms in total. The molecule has 0 atom stereocenters. The van der Waals surface area contributed by atoms with Gasteiger partial charge in [0.05, 0.1) is 11.5 Å². The van der Waals surface area contributed by atoms with Gasteiger partial charge in [-0.25, -0.2) is 16.8 Å². The van der Waals surface area contributed by atoms with Crippen LogP contribution >= 0.6 is 0 Å². The lowest BCUT2D eigenvalue weighted by Gasteiger charge is -2.07. The molecule has 0 spiro atoms. The Bertz CT molecular complexity index is 669. The van der Waals surface area contributed by atoms with Gasteiger partial charge in [-0.3, -0.25) is 4.72 Å². The van der Waals surface area contributed by atoms with Crippen molar-refractivity contribution in [1.29, 1.82) is 0 Å². The molecule has 0 bridgehead atoms. The molecule has 98 valence electrons. The lowest BCUT2D eigenvalue weighted by atomic mass is 10.2. The van der Waals surface area contributed by atoms with E-state index in [9.17, 15) is 16.8 Å². The molecule has 1 rings (SSSR count). The van der Waals surface area contributed by atoms with Crippen LogP contribution in [0.5, 0.6) is 0 Å². The third-order valence-corrected chi connectivity index (χ3v) is 4.52. The van der Waals surface area contributed by atoms with Gasteiger partial charge in [-0.15, -0.1) is 6.42 Å². The van der Waals surface area contributed by atoms with Crippen molar-refractivity contribution in [3.05, 3.63) is 29.8 Å². The van der Waals surface area contributed by atoms with Crippen molar-refractivity contribution in [1.82, 2.24) is 0 Å². The van der Waals surface area contributed by atoms with Crippen molar-refractivity contribution in [2.45, 2.75) is 0 Å². The average Bonchev–Trinajstić information content (AvgIpc) is 2.25. The van der Waals surface area contributed by atoms with Crippen molar-refractivity contribution in [2.24, 2.45) is 0 Å². The summed E-state index contributed by atoms with van der Waals surface area (Å²) in [5.41, 5.74) is 0.859. The van der Waals surface area contributed by atoms with Crippen molar-refractivity contribution in [3.8, 4) is 12.3 Å². The quantitative estimate of drug-likeness (QED) is 0.798. The van der Waals surface area contributed by atoms with Crippen LogP contribution in [-0.2, 0) is 19.9 Å². The van der Waals surface area contributed by atoms with E-state index in [0.29, 0.717) is 11.3 Å². The van der Waals surface area contributed by atoms with E-state index in [1.165, 1.54) is 6.07 Å². The van der Waals surface area contributed by atoms with Crippen molar-refractivity contribution >= 4 is 25.5 Å². The summed E-state index contributed by atoms with van der Waals surface area (Å²) < 4.78 is 47.3. The summed E-state index contributed by atoms with van der Waals surface area (Å²) in [6.45, 7) is 0. The molecular formula is C11H13NO4S2. The van der Waals surface area contributed by atoms with Crippen LogP contribution in [0, 0.1) is 12.3 Å². The zero-order valence-corrected chi connectivity index (χ0v) is 11.4. The topological polar surface area (TPSA) is 80.3 Å². The standard InChI is InChI=1S/C11H13NO4S2/c1-3-10-5-4-6-11(9-10)12-18(15,16)8-7-17(2,13)14/h1,4-6,9,12H,7-8H2,2H3. The highest BCUT2D eigenvalue weighted by Gasteiger charge is 2.14. The van der Waals surface area contributed by atoms with Crippen LogP contribution in [0.4, 0.5) is 5.69 Å². The van der Waals surface area contributed by atoms with Gasteiger partial charge >= 0.3 is 0 Å². The first-order chi connectivity index (χ1) is 8.22. The van der Waals surface area contributed by atoms with Gasteiger partial charge in [0.2, 0.25) is 10.0 Å². The van der Waals surface area contributed by atoms with E-state index in [4.69, 9.17) is 6.42 Å². The molecule has 0 aliphatic heterocycles. The molecule has 0 fully saturated rings. The molecule has 0 unspecified atom stereocenters. The lowest BCUT2D eigenvalue weighted by Crippen LogP contribution is -2.22. The minimum absolute atomic E-state index is 0.318. The van der Waals surface area contributed by atoms with Gasteiger partial charge in [0.15, 0.2) is 0 Å². The van der Waals surface area contributed by atoms with Gasteiger partial charge in [0, 0.05) is 17.5 Å². The molecule has 7 heteroatoms. The number of sulfone groups is 1. The van der Waals surface area contributed by atoms with Gasteiger partial charge in [0.25, 0.3) is 0 Å². The third-order valence-electron chi connectivity index (χ3n) is 2.03. The van der Waals surface area contributed by atoms with Gasteiger partial charge in [-0.05, 0) is 18.2 Å². The van der Waals surface area contributed by atoms with Gasteiger partial charge < -0.3 is 0 Å². The molecule has 0 heterocycles. The number of hydrogen-bond acceptors (Lipinski definition) is 4. The lowest BCUT2D eigenvalue weighted by molar-refractivity contribution is 0.593. The number of anilines is 1. The van der Waals surface area contributed by atoms with Crippen molar-refractivity contribution in [3.63, 3.8) is 0 Å². The number of hydrogen-bond donors (Lipinski definition) is 1. The molecule has 0 aliphatic rings. The summed E-state index contributed by atoms with van der Waals surface area (Å²) in [4.78, 5) is 0. The van der Waals surface area contributed by atoms with Crippen LogP contribution < -0.4 is 4.72 Å². The number of rotatable bonds is 5. The molecule has 1 aromatic carbocycles. The molecule has 0 aliphatic carbocycles. The molecular weight excluding hydrogens is 274 g/mol. The number of terminal acetylenes is 1. The van der Waals surface area contributed by atoms with Crippen molar-refractivity contribution in [2.75, 3.05) is 22.5 Å². The summed E-state index contributed by atoms with van der Waals surface area (Å²) >= 11 is 0. The average molecular weight is 287 g/mol. The molecule has 0 saturated heterocycles. The van der Waals surface area contributed by atoms with E-state index in [1.54, 1.807) is 18.2 Å². The highest BCUT2D eigenvalue weighted by molar-refractivity contribution is 7.95. The Labute approximate surface area is 107 Å². The molecule has 0 amide bonds. The number of nitrogens with one attached hydrogen (secondary N) is 1. The highest BCUT2D eigenvalue weighted by Crippen LogP contribution is 2.11. The van der Waals surface area contributed by atoms with E-state index >= 15 is 0 Å². The van der Waals surface area contributed by atoms with Crippen LogP contribution in [0.1, 0.15) is 5.56 Å². The second kappa shape index (κ2) is 5.42. The minimum atomic E-state index is -3.69. The fourth-order valence-corrected chi connectivity index (χ4v) is 3.84. The van der Waals surface area contributed by atoms with Crippen LogP contribution in [0.2, 0.25) is 0 Å². The molecule has 0 radical (unpaired) electrons. The van der Waals surface area contributed by atoms with Crippen LogP contribution in [0.3, 0.4) is 0 Å². The smallest absolute Gasteiger partial charge is 0.233 e. The monoisotopic (exact) mass is 287 g/mol. The predicted octanol–water partition coefficient (Wildman–Crippen LogP) is 0.454. The van der Waals surface area contributed by atoms with E-state index in [0.717, 1.165) is 6.26 Å². The summed E-state index contributed by atoms with van der Waals surface area (Å²) in [5, 5.41) is 0. The maximum atomic E-state index is 11.6. The summed E-state index contributed by atoms with van der Waals surface area (Å²) in [6.07, 6.45) is 6.18. The Morgan fingerprint density at radius 2 is 1.89 bits per heavy atom. The fourth-order valence-electron chi connectivity index (χ4n) is 1.16. The summed E-state index contributed by atoms with van der Waals surface area (Å²) in [5.74, 6) is 1.48.